The molecule has 0 aliphatic rings. The Balaban J connectivity index is 1.58. The number of Topliss-reactive ketones (excluding diaryl/α,β-unsaturated/α-hetero) is 1. The van der Waals surface area contributed by atoms with Crippen molar-refractivity contribution < 1.29 is 19.1 Å². The Kier molecular flexibility index (Phi) is 7.37. The first-order valence-corrected chi connectivity index (χ1v) is 11.2. The second-order valence-electron chi connectivity index (χ2n) is 7.03. The molecule has 0 aliphatic carbocycles. The van der Waals surface area contributed by atoms with Crippen molar-refractivity contribution in [2.75, 3.05) is 7.11 Å². The van der Waals surface area contributed by atoms with Gasteiger partial charge in [0.25, 0.3) is 0 Å². The minimum atomic E-state index is -0.453. The molecule has 0 bridgehead atoms. The first kappa shape index (κ1) is 22.8. The minimum absolute atomic E-state index is 0.225. The Hall–Kier alpha value is -4.36. The van der Waals surface area contributed by atoms with Gasteiger partial charge in [0, 0.05) is 11.1 Å². The highest BCUT2D eigenvalue weighted by Gasteiger charge is 2.16. The molecular weight excluding hydrogens is 448 g/mol. The third-order valence-electron chi connectivity index (χ3n) is 4.78. The number of nitrogens with zero attached hydrogens (tertiary/aromatic N) is 2. The monoisotopic (exact) mass is 468 g/mol. The molecule has 0 saturated heterocycles. The third-order valence-corrected chi connectivity index (χ3v) is 5.63. The summed E-state index contributed by atoms with van der Waals surface area (Å²) in [4.78, 5) is 25.8. The molecule has 7 heteroatoms. The average Bonchev–Trinajstić information content (AvgIpc) is 3.43. The summed E-state index contributed by atoms with van der Waals surface area (Å²) in [5, 5.41) is 10.2. The van der Waals surface area contributed by atoms with Gasteiger partial charge in [-0.3, -0.25) is 4.79 Å². The van der Waals surface area contributed by atoms with Gasteiger partial charge in [-0.05, 0) is 35.2 Å². The first-order valence-electron chi connectivity index (χ1n) is 10.4. The molecule has 0 aliphatic heterocycles. The minimum Gasteiger partial charge on any atom is -0.493 e. The molecule has 1 heterocycles. The number of carbonyl (C=O) groups is 2. The Morgan fingerprint density at radius 1 is 0.824 bits per heavy atom. The van der Waals surface area contributed by atoms with Gasteiger partial charge in [0.05, 0.1) is 13.3 Å². The van der Waals surface area contributed by atoms with Crippen molar-refractivity contribution in [3.63, 3.8) is 0 Å². The summed E-state index contributed by atoms with van der Waals surface area (Å²) in [5.74, 6) is -0.00382. The van der Waals surface area contributed by atoms with Gasteiger partial charge in [-0.15, -0.1) is 16.4 Å². The van der Waals surface area contributed by atoms with Crippen LogP contribution < -0.4 is 9.47 Å². The molecule has 4 aromatic rings. The molecule has 4 rings (SSSR count). The summed E-state index contributed by atoms with van der Waals surface area (Å²) < 4.78 is 10.8. The van der Waals surface area contributed by atoms with E-state index in [2.05, 4.69) is 10.2 Å². The van der Waals surface area contributed by atoms with Crippen LogP contribution in [0, 0.1) is 0 Å². The highest BCUT2D eigenvalue weighted by atomic mass is 32.1. The van der Waals surface area contributed by atoms with Crippen molar-refractivity contribution in [1.29, 1.82) is 0 Å². The van der Waals surface area contributed by atoms with E-state index >= 15 is 0 Å². The predicted molar refractivity (Wildman–Crippen MR) is 134 cm³/mol. The molecule has 0 atom stereocenters. The molecule has 0 fully saturated rings. The number of methoxy groups -OCH3 is 1. The van der Waals surface area contributed by atoms with Crippen molar-refractivity contribution in [2.45, 2.75) is 0 Å². The van der Waals surface area contributed by atoms with E-state index in [1.165, 1.54) is 24.7 Å². The van der Waals surface area contributed by atoms with Crippen molar-refractivity contribution in [3.05, 3.63) is 118 Å². The van der Waals surface area contributed by atoms with Crippen LogP contribution >= 0.6 is 11.3 Å². The van der Waals surface area contributed by atoms with Gasteiger partial charge in [-0.2, -0.15) is 5.10 Å². The second kappa shape index (κ2) is 11.0. The summed E-state index contributed by atoms with van der Waals surface area (Å²) in [7, 11) is 1.49. The van der Waals surface area contributed by atoms with Crippen LogP contribution in [0.2, 0.25) is 0 Å². The van der Waals surface area contributed by atoms with Crippen molar-refractivity contribution >= 4 is 35.0 Å². The van der Waals surface area contributed by atoms with E-state index in [-0.39, 0.29) is 11.5 Å². The Morgan fingerprint density at radius 3 is 2.18 bits per heavy atom. The Labute approximate surface area is 200 Å². The summed E-state index contributed by atoms with van der Waals surface area (Å²) >= 11 is 1.30. The molecule has 0 unspecified atom stereocenters. The fourth-order valence-corrected chi connectivity index (χ4v) is 3.70. The molecule has 0 saturated carbocycles. The van der Waals surface area contributed by atoms with E-state index in [0.29, 0.717) is 33.1 Å². The van der Waals surface area contributed by atoms with Crippen LogP contribution in [-0.4, -0.2) is 30.8 Å². The molecule has 0 amide bonds. The quantitative estimate of drug-likeness (QED) is 0.110. The predicted octanol–water partition coefficient (Wildman–Crippen LogP) is 5.68. The number of ketones is 1. The average molecular weight is 469 g/mol. The molecular formula is C27H20N2O4S. The summed E-state index contributed by atoms with van der Waals surface area (Å²) in [6.07, 6.45) is 1.51. The largest absolute Gasteiger partial charge is 0.493 e. The van der Waals surface area contributed by atoms with Crippen LogP contribution in [0.3, 0.4) is 0 Å². The maximum absolute atomic E-state index is 13.1. The summed E-state index contributed by atoms with van der Waals surface area (Å²) in [6.45, 7) is 0. The molecule has 6 nitrogen and oxygen atoms in total. The van der Waals surface area contributed by atoms with E-state index in [4.69, 9.17) is 9.47 Å². The fourth-order valence-electron chi connectivity index (χ4n) is 3.10. The standard InChI is InChI=1S/C27H20N2O4S/c1-32-23-17-19(14-15-22(23)33-27(31)24-13-8-16-34-24)18-28-29-25(20-9-4-2-5-10-20)26(30)21-11-6-3-7-12-21/h2-18H,1H3. The maximum Gasteiger partial charge on any atom is 0.353 e. The number of carbonyl (C=O) groups excluding carboxylic acids is 2. The number of ether oxygens (including phenoxy) is 2. The lowest BCUT2D eigenvalue weighted by molar-refractivity contribution is 0.0734. The van der Waals surface area contributed by atoms with Gasteiger partial charge in [0.15, 0.2) is 11.5 Å². The van der Waals surface area contributed by atoms with Crippen LogP contribution in [0.15, 0.2) is 107 Å². The molecule has 34 heavy (non-hydrogen) atoms. The smallest absolute Gasteiger partial charge is 0.353 e. The molecule has 3 aromatic carbocycles. The van der Waals surface area contributed by atoms with Gasteiger partial charge >= 0.3 is 5.97 Å². The van der Waals surface area contributed by atoms with E-state index in [1.54, 1.807) is 60.0 Å². The lowest BCUT2D eigenvalue weighted by Crippen LogP contribution is -2.15. The maximum atomic E-state index is 13.1. The number of benzene rings is 3. The SMILES string of the molecule is COc1cc(C=NN=C(C(=O)c2ccccc2)c2ccccc2)ccc1OC(=O)c1cccs1. The van der Waals surface area contributed by atoms with E-state index in [1.807, 2.05) is 36.4 Å². The zero-order valence-electron chi connectivity index (χ0n) is 18.3. The molecule has 0 radical (unpaired) electrons. The van der Waals surface area contributed by atoms with Crippen LogP contribution in [0.4, 0.5) is 0 Å². The van der Waals surface area contributed by atoms with Gasteiger partial charge in [0.2, 0.25) is 5.78 Å². The van der Waals surface area contributed by atoms with Crippen LogP contribution in [0.25, 0.3) is 0 Å². The van der Waals surface area contributed by atoms with Gasteiger partial charge in [0.1, 0.15) is 10.6 Å². The summed E-state index contributed by atoms with van der Waals surface area (Å²) in [6, 6.07) is 26.6. The van der Waals surface area contributed by atoms with Crippen LogP contribution in [0.1, 0.15) is 31.2 Å². The zero-order valence-corrected chi connectivity index (χ0v) is 19.1. The second-order valence-corrected chi connectivity index (χ2v) is 7.98. The Morgan fingerprint density at radius 2 is 1.53 bits per heavy atom. The van der Waals surface area contributed by atoms with Crippen molar-refractivity contribution in [3.8, 4) is 11.5 Å². The van der Waals surface area contributed by atoms with Crippen molar-refractivity contribution in [2.24, 2.45) is 10.2 Å². The van der Waals surface area contributed by atoms with E-state index in [0.717, 1.165) is 0 Å². The lowest BCUT2D eigenvalue weighted by Gasteiger charge is -2.09. The summed E-state index contributed by atoms with van der Waals surface area (Å²) in [5.41, 5.74) is 2.09. The molecule has 1 aromatic heterocycles. The number of hydrogen-bond acceptors (Lipinski definition) is 7. The number of hydrogen-bond donors (Lipinski definition) is 0. The van der Waals surface area contributed by atoms with E-state index < -0.39 is 5.97 Å². The fraction of sp³-hybridized carbons (Fsp3) is 0.0370. The van der Waals surface area contributed by atoms with Crippen LogP contribution in [0.5, 0.6) is 11.5 Å². The highest BCUT2D eigenvalue weighted by molar-refractivity contribution is 7.12. The van der Waals surface area contributed by atoms with Crippen LogP contribution in [-0.2, 0) is 0 Å². The van der Waals surface area contributed by atoms with Gasteiger partial charge in [-0.1, -0.05) is 66.7 Å². The highest BCUT2D eigenvalue weighted by Crippen LogP contribution is 2.29. The number of esters is 1. The Bertz CT molecular complexity index is 1330. The van der Waals surface area contributed by atoms with Crippen molar-refractivity contribution in [1.82, 2.24) is 0 Å². The van der Waals surface area contributed by atoms with Gasteiger partial charge in [-0.25, -0.2) is 4.79 Å². The zero-order chi connectivity index (χ0) is 23.8. The topological polar surface area (TPSA) is 77.3 Å². The third kappa shape index (κ3) is 5.51. The number of thiophene rings is 1. The molecule has 168 valence electrons. The van der Waals surface area contributed by atoms with E-state index in [9.17, 15) is 9.59 Å². The van der Waals surface area contributed by atoms with Gasteiger partial charge < -0.3 is 9.47 Å². The first-order chi connectivity index (χ1) is 16.7. The molecule has 0 N–H and O–H groups in total. The molecule has 0 spiro atoms. The normalized spacial score (nSPS) is 11.4. The number of rotatable bonds is 8. The lowest BCUT2D eigenvalue weighted by atomic mass is 10.0.